The third-order valence-corrected chi connectivity index (χ3v) is 4.75. The molecule has 1 aromatic carbocycles. The van der Waals surface area contributed by atoms with Gasteiger partial charge in [0.15, 0.2) is 0 Å². The van der Waals surface area contributed by atoms with E-state index in [4.69, 9.17) is 34.8 Å². The van der Waals surface area contributed by atoms with Gasteiger partial charge in [0.25, 0.3) is 6.43 Å². The lowest BCUT2D eigenvalue weighted by molar-refractivity contribution is -0.117. The van der Waals surface area contributed by atoms with Crippen molar-refractivity contribution < 1.29 is 13.6 Å². The van der Waals surface area contributed by atoms with E-state index in [2.05, 4.69) is 10.4 Å². The first-order chi connectivity index (χ1) is 11.4. The molecule has 1 aliphatic rings. The number of aromatic nitrogens is 2. The largest absolute Gasteiger partial charge is 0.324 e. The molecule has 1 amide bonds. The van der Waals surface area contributed by atoms with Crippen LogP contribution in [0.1, 0.15) is 36.6 Å². The summed E-state index contributed by atoms with van der Waals surface area (Å²) in [5, 5.41) is 7.06. The number of hydrogen-bond acceptors (Lipinski definition) is 2. The fraction of sp³-hybridized carbons (Fsp3) is 0.333. The van der Waals surface area contributed by atoms with Crippen LogP contribution in [-0.2, 0) is 11.3 Å². The van der Waals surface area contributed by atoms with Crippen molar-refractivity contribution in [2.24, 2.45) is 0 Å². The molecule has 24 heavy (non-hydrogen) atoms. The lowest BCUT2D eigenvalue weighted by Gasteiger charge is -2.09. The van der Waals surface area contributed by atoms with Gasteiger partial charge in [-0.3, -0.25) is 9.48 Å². The quantitative estimate of drug-likeness (QED) is 0.748. The maximum absolute atomic E-state index is 13.0. The van der Waals surface area contributed by atoms with E-state index in [-0.39, 0.29) is 17.5 Å². The van der Waals surface area contributed by atoms with Gasteiger partial charge in [0.1, 0.15) is 12.2 Å². The van der Waals surface area contributed by atoms with E-state index in [1.54, 1.807) is 12.1 Å². The fourth-order valence-corrected chi connectivity index (χ4v) is 3.06. The smallest absolute Gasteiger partial charge is 0.283 e. The molecule has 0 unspecified atom stereocenters. The minimum Gasteiger partial charge on any atom is -0.324 e. The Morgan fingerprint density at radius 1 is 1.29 bits per heavy atom. The molecule has 1 aromatic heterocycles. The third kappa shape index (κ3) is 3.66. The number of halogens is 5. The lowest BCUT2D eigenvalue weighted by atomic mass is 10.2. The lowest BCUT2D eigenvalue weighted by Crippen LogP contribution is -2.21. The zero-order chi connectivity index (χ0) is 17.4. The molecule has 1 saturated carbocycles. The maximum Gasteiger partial charge on any atom is 0.283 e. The summed E-state index contributed by atoms with van der Waals surface area (Å²) in [6, 6.07) is 4.65. The molecule has 1 fully saturated rings. The van der Waals surface area contributed by atoms with Gasteiger partial charge in [0, 0.05) is 11.6 Å². The molecule has 2 aromatic rings. The Bertz CT molecular complexity index is 791. The first-order valence-corrected chi connectivity index (χ1v) is 8.29. The number of anilines is 1. The van der Waals surface area contributed by atoms with Crippen LogP contribution < -0.4 is 5.32 Å². The molecule has 0 saturated heterocycles. The van der Waals surface area contributed by atoms with Crippen molar-refractivity contribution in [1.82, 2.24) is 9.78 Å². The van der Waals surface area contributed by atoms with Crippen LogP contribution in [0.15, 0.2) is 18.2 Å². The molecular weight excluding hydrogens is 383 g/mol. The Morgan fingerprint density at radius 3 is 2.58 bits per heavy atom. The zero-order valence-electron chi connectivity index (χ0n) is 12.2. The number of alkyl halides is 2. The van der Waals surface area contributed by atoms with Crippen molar-refractivity contribution in [3.63, 3.8) is 0 Å². The van der Waals surface area contributed by atoms with Crippen LogP contribution in [0.4, 0.5) is 14.5 Å². The van der Waals surface area contributed by atoms with Crippen LogP contribution in [0.25, 0.3) is 0 Å². The van der Waals surface area contributed by atoms with Gasteiger partial charge in [0.2, 0.25) is 5.91 Å². The first-order valence-electron chi connectivity index (χ1n) is 7.16. The number of carbonyl (C=O) groups excluding carboxylic acids is 1. The summed E-state index contributed by atoms with van der Waals surface area (Å²) in [6.45, 7) is -0.210. The Hall–Kier alpha value is -1.37. The highest BCUT2D eigenvalue weighted by Gasteiger charge is 2.34. The summed E-state index contributed by atoms with van der Waals surface area (Å²) in [7, 11) is 0. The van der Waals surface area contributed by atoms with Gasteiger partial charge >= 0.3 is 0 Å². The van der Waals surface area contributed by atoms with Crippen molar-refractivity contribution in [1.29, 1.82) is 0 Å². The minimum absolute atomic E-state index is 0.0464. The summed E-state index contributed by atoms with van der Waals surface area (Å²) >= 11 is 17.7. The van der Waals surface area contributed by atoms with Crippen LogP contribution in [0, 0.1) is 0 Å². The Kier molecular flexibility index (Phi) is 4.99. The highest BCUT2D eigenvalue weighted by Crippen LogP contribution is 2.45. The number of amides is 1. The highest BCUT2D eigenvalue weighted by molar-refractivity contribution is 6.42. The average molecular weight is 395 g/mol. The molecule has 0 bridgehead atoms. The Labute approximate surface area is 151 Å². The van der Waals surface area contributed by atoms with E-state index in [0.717, 1.165) is 12.8 Å². The van der Waals surface area contributed by atoms with E-state index >= 15 is 0 Å². The van der Waals surface area contributed by atoms with Gasteiger partial charge in [-0.2, -0.15) is 5.10 Å². The second-order valence-corrected chi connectivity index (χ2v) is 6.69. The van der Waals surface area contributed by atoms with Crippen molar-refractivity contribution >= 4 is 46.4 Å². The molecule has 9 heteroatoms. The van der Waals surface area contributed by atoms with Crippen LogP contribution in [0.3, 0.4) is 0 Å². The van der Waals surface area contributed by atoms with Crippen LogP contribution in [0.2, 0.25) is 15.1 Å². The normalized spacial score (nSPS) is 14.2. The van der Waals surface area contributed by atoms with Crippen molar-refractivity contribution in [3.8, 4) is 0 Å². The monoisotopic (exact) mass is 393 g/mol. The number of hydrogen-bond donors (Lipinski definition) is 1. The molecule has 1 N–H and O–H groups in total. The summed E-state index contributed by atoms with van der Waals surface area (Å²) < 4.78 is 27.2. The van der Waals surface area contributed by atoms with Gasteiger partial charge < -0.3 is 5.32 Å². The van der Waals surface area contributed by atoms with Gasteiger partial charge in [-0.25, -0.2) is 8.78 Å². The summed E-state index contributed by atoms with van der Waals surface area (Å²) in [5.41, 5.74) is 0.465. The van der Waals surface area contributed by atoms with Gasteiger partial charge in [-0.15, -0.1) is 0 Å². The summed E-state index contributed by atoms with van der Waals surface area (Å²) in [6.07, 6.45) is -1.08. The van der Waals surface area contributed by atoms with Gasteiger partial charge in [-0.1, -0.05) is 34.8 Å². The van der Waals surface area contributed by atoms with Crippen molar-refractivity contribution in [2.75, 3.05) is 5.32 Å². The molecule has 0 radical (unpaired) electrons. The predicted molar refractivity (Wildman–Crippen MR) is 89.3 cm³/mol. The molecule has 1 aliphatic carbocycles. The number of benzene rings is 1. The molecule has 0 atom stereocenters. The maximum atomic E-state index is 13.0. The first kappa shape index (κ1) is 17.5. The molecule has 0 aliphatic heterocycles. The predicted octanol–water partition coefficient (Wildman–Crippen LogP) is 5.30. The average Bonchev–Trinajstić information content (AvgIpc) is 3.27. The SMILES string of the molecule is O=C(Cn1nc(C(F)F)c(Cl)c1C1CC1)Nc1ccc(Cl)c(Cl)c1. The minimum atomic E-state index is -2.78. The second-order valence-electron chi connectivity index (χ2n) is 5.49. The molecule has 3 rings (SSSR count). The van der Waals surface area contributed by atoms with Crippen LogP contribution in [0.5, 0.6) is 0 Å². The fourth-order valence-electron chi connectivity index (χ4n) is 2.39. The van der Waals surface area contributed by atoms with Crippen molar-refractivity contribution in [3.05, 3.63) is 44.7 Å². The van der Waals surface area contributed by atoms with Crippen LogP contribution in [-0.4, -0.2) is 15.7 Å². The number of nitrogens with one attached hydrogen (secondary N) is 1. The molecule has 1 heterocycles. The van der Waals surface area contributed by atoms with E-state index < -0.39 is 18.0 Å². The third-order valence-electron chi connectivity index (χ3n) is 3.62. The van der Waals surface area contributed by atoms with Gasteiger partial charge in [0.05, 0.1) is 20.8 Å². The van der Waals surface area contributed by atoms with E-state index in [1.807, 2.05) is 0 Å². The standard InChI is InChI=1S/C15H12Cl3F2N3O/c16-9-4-3-8(5-10(9)17)21-11(24)6-23-14(7-1-2-7)12(18)13(22-23)15(19)20/h3-5,7,15H,1-2,6H2,(H,21,24). The van der Waals surface area contributed by atoms with Crippen molar-refractivity contribution in [2.45, 2.75) is 31.7 Å². The Balaban J connectivity index is 1.78. The summed E-state index contributed by atoms with van der Waals surface area (Å²) in [5.74, 6) is -0.342. The van der Waals surface area contributed by atoms with E-state index in [0.29, 0.717) is 21.4 Å². The number of nitrogens with zero attached hydrogens (tertiary/aromatic N) is 2. The molecule has 128 valence electrons. The van der Waals surface area contributed by atoms with Gasteiger partial charge in [-0.05, 0) is 31.0 Å². The molecule has 0 spiro atoms. The summed E-state index contributed by atoms with van der Waals surface area (Å²) in [4.78, 5) is 12.2. The zero-order valence-corrected chi connectivity index (χ0v) is 14.5. The Morgan fingerprint density at radius 2 is 2.00 bits per heavy atom. The second kappa shape index (κ2) is 6.86. The number of carbonyl (C=O) groups is 1. The topological polar surface area (TPSA) is 46.9 Å². The van der Waals surface area contributed by atoms with E-state index in [1.165, 1.54) is 10.7 Å². The molecular formula is C15H12Cl3F2N3O. The number of rotatable bonds is 5. The molecule has 4 nitrogen and oxygen atoms in total. The highest BCUT2D eigenvalue weighted by atomic mass is 35.5. The van der Waals surface area contributed by atoms with E-state index in [9.17, 15) is 13.6 Å². The van der Waals surface area contributed by atoms with Crippen LogP contribution >= 0.6 is 34.8 Å².